The predicted molar refractivity (Wildman–Crippen MR) is 116 cm³/mol. The molecule has 0 spiro atoms. The van der Waals surface area contributed by atoms with Crippen LogP contribution in [-0.4, -0.2) is 17.9 Å². The van der Waals surface area contributed by atoms with Crippen LogP contribution in [0.25, 0.3) is 0 Å². The van der Waals surface area contributed by atoms with Gasteiger partial charge in [-0.3, -0.25) is 9.59 Å². The molecule has 2 N–H and O–H groups in total. The van der Waals surface area contributed by atoms with Gasteiger partial charge in [0.15, 0.2) is 6.10 Å². The molecule has 29 heavy (non-hydrogen) atoms. The Labute approximate surface area is 178 Å². The lowest BCUT2D eigenvalue weighted by atomic mass is 10.2. The van der Waals surface area contributed by atoms with E-state index in [1.54, 1.807) is 73.7 Å². The topological polar surface area (TPSA) is 67.4 Å². The van der Waals surface area contributed by atoms with Gasteiger partial charge in [-0.15, -0.1) is 0 Å². The second-order valence-electron chi connectivity index (χ2n) is 6.22. The van der Waals surface area contributed by atoms with Gasteiger partial charge in [0.1, 0.15) is 5.75 Å². The summed E-state index contributed by atoms with van der Waals surface area (Å²) in [6.45, 7) is 1.62. The second-order valence-corrected chi connectivity index (χ2v) is 7.07. The van der Waals surface area contributed by atoms with Gasteiger partial charge in [-0.25, -0.2) is 0 Å². The summed E-state index contributed by atoms with van der Waals surface area (Å²) in [4.78, 5) is 24.5. The third-order valence-corrected chi connectivity index (χ3v) is 4.54. The number of carbonyl (C=O) groups excluding carboxylic acids is 2. The highest BCUT2D eigenvalue weighted by molar-refractivity contribution is 6.35. The first-order valence-corrected chi connectivity index (χ1v) is 9.57. The minimum Gasteiger partial charge on any atom is -0.479 e. The van der Waals surface area contributed by atoms with Crippen molar-refractivity contribution in [2.75, 3.05) is 10.6 Å². The van der Waals surface area contributed by atoms with E-state index in [2.05, 4.69) is 10.6 Å². The zero-order valence-corrected chi connectivity index (χ0v) is 17.0. The van der Waals surface area contributed by atoms with E-state index in [9.17, 15) is 9.59 Å². The number of amides is 2. The van der Waals surface area contributed by atoms with Gasteiger partial charge in [0, 0.05) is 22.0 Å². The summed E-state index contributed by atoms with van der Waals surface area (Å²) >= 11 is 11.9. The van der Waals surface area contributed by atoms with E-state index in [4.69, 9.17) is 27.9 Å². The van der Waals surface area contributed by atoms with E-state index in [-0.39, 0.29) is 11.8 Å². The maximum absolute atomic E-state index is 12.4. The molecule has 0 aliphatic heterocycles. The number of hydrogen-bond donors (Lipinski definition) is 2. The fourth-order valence-electron chi connectivity index (χ4n) is 2.49. The van der Waals surface area contributed by atoms with Gasteiger partial charge >= 0.3 is 0 Å². The number of halogens is 2. The van der Waals surface area contributed by atoms with Crippen LogP contribution in [0.1, 0.15) is 17.3 Å². The number of hydrogen-bond acceptors (Lipinski definition) is 3. The van der Waals surface area contributed by atoms with Crippen LogP contribution in [0.15, 0.2) is 72.8 Å². The average molecular weight is 429 g/mol. The Hall–Kier alpha value is -3.02. The quantitative estimate of drug-likeness (QED) is 0.532. The molecule has 148 valence electrons. The third-order valence-electron chi connectivity index (χ3n) is 4.01. The van der Waals surface area contributed by atoms with Gasteiger partial charge in [0.05, 0.1) is 5.02 Å². The van der Waals surface area contributed by atoms with Crippen LogP contribution in [0.2, 0.25) is 10.0 Å². The van der Waals surface area contributed by atoms with Crippen molar-refractivity contribution in [1.29, 1.82) is 0 Å². The molecule has 3 rings (SSSR count). The Bertz CT molecular complexity index is 1010. The van der Waals surface area contributed by atoms with Crippen LogP contribution in [0.5, 0.6) is 5.75 Å². The lowest BCUT2D eigenvalue weighted by molar-refractivity contribution is -0.122. The molecule has 0 aromatic heterocycles. The predicted octanol–water partition coefficient (Wildman–Crippen LogP) is 5.65. The summed E-state index contributed by atoms with van der Waals surface area (Å²) in [5.74, 6) is -0.168. The van der Waals surface area contributed by atoms with Crippen molar-refractivity contribution in [3.05, 3.63) is 88.4 Å². The fraction of sp³-hybridized carbons (Fsp3) is 0.0909. The van der Waals surface area contributed by atoms with Crippen LogP contribution in [0.3, 0.4) is 0 Å². The fourth-order valence-corrected chi connectivity index (χ4v) is 2.94. The summed E-state index contributed by atoms with van der Waals surface area (Å²) in [6, 6.07) is 20.5. The van der Waals surface area contributed by atoms with Gasteiger partial charge in [0.2, 0.25) is 0 Å². The normalized spacial score (nSPS) is 11.4. The van der Waals surface area contributed by atoms with E-state index in [1.165, 1.54) is 0 Å². The lowest BCUT2D eigenvalue weighted by Gasteiger charge is -2.16. The van der Waals surface area contributed by atoms with Crippen LogP contribution in [0.4, 0.5) is 11.4 Å². The standard InChI is InChI=1S/C22H18Cl2N2O3/c1-14(29-20-12-7-16(23)13-19(20)24)21(27)25-17-8-10-18(11-9-17)26-22(28)15-5-3-2-4-6-15/h2-14H,1H3,(H,25,27)(H,26,28). The first kappa shape index (κ1) is 20.7. The van der Waals surface area contributed by atoms with Crippen LogP contribution >= 0.6 is 23.2 Å². The number of carbonyl (C=O) groups is 2. The highest BCUT2D eigenvalue weighted by atomic mass is 35.5. The number of nitrogens with one attached hydrogen (secondary N) is 2. The van der Waals surface area contributed by atoms with E-state index < -0.39 is 6.10 Å². The molecule has 2 amide bonds. The zero-order chi connectivity index (χ0) is 20.8. The van der Waals surface area contributed by atoms with Crippen LogP contribution in [0, 0.1) is 0 Å². The summed E-state index contributed by atoms with van der Waals surface area (Å²) in [6.07, 6.45) is -0.772. The van der Waals surface area contributed by atoms with Gasteiger partial charge in [-0.2, -0.15) is 0 Å². The number of benzene rings is 3. The van der Waals surface area contributed by atoms with Crippen molar-refractivity contribution in [2.45, 2.75) is 13.0 Å². The minimum atomic E-state index is -0.772. The van der Waals surface area contributed by atoms with Crippen molar-refractivity contribution in [1.82, 2.24) is 0 Å². The molecule has 0 aliphatic rings. The summed E-state index contributed by atoms with van der Waals surface area (Å²) in [5.41, 5.74) is 1.76. The average Bonchev–Trinajstić information content (AvgIpc) is 2.72. The molecule has 0 fully saturated rings. The summed E-state index contributed by atoms with van der Waals surface area (Å²) in [5, 5.41) is 6.38. The molecule has 0 heterocycles. The SMILES string of the molecule is CC(Oc1ccc(Cl)cc1Cl)C(=O)Nc1ccc(NC(=O)c2ccccc2)cc1. The Balaban J connectivity index is 1.57. The molecule has 0 bridgehead atoms. The maximum Gasteiger partial charge on any atom is 0.265 e. The molecular formula is C22H18Cl2N2O3. The van der Waals surface area contributed by atoms with Gasteiger partial charge in [0.25, 0.3) is 11.8 Å². The van der Waals surface area contributed by atoms with Crippen molar-refractivity contribution in [2.24, 2.45) is 0 Å². The largest absolute Gasteiger partial charge is 0.479 e. The molecule has 3 aromatic carbocycles. The molecule has 5 nitrogen and oxygen atoms in total. The van der Waals surface area contributed by atoms with Crippen LogP contribution in [-0.2, 0) is 4.79 Å². The number of rotatable bonds is 6. The molecule has 7 heteroatoms. The number of ether oxygens (including phenoxy) is 1. The highest BCUT2D eigenvalue weighted by Gasteiger charge is 2.16. The molecule has 0 aliphatic carbocycles. The van der Waals surface area contributed by atoms with Crippen molar-refractivity contribution >= 4 is 46.4 Å². The third kappa shape index (κ3) is 5.73. The van der Waals surface area contributed by atoms with Crippen molar-refractivity contribution in [3.8, 4) is 5.75 Å². The Kier molecular flexibility index (Phi) is 6.75. The molecule has 1 unspecified atom stereocenters. The van der Waals surface area contributed by atoms with Crippen molar-refractivity contribution < 1.29 is 14.3 Å². The molecule has 1 atom stereocenters. The Morgan fingerprint density at radius 3 is 2.10 bits per heavy atom. The van der Waals surface area contributed by atoms with Gasteiger partial charge in [-0.05, 0) is 61.5 Å². The molecule has 0 saturated carbocycles. The van der Waals surface area contributed by atoms with E-state index in [0.29, 0.717) is 32.7 Å². The highest BCUT2D eigenvalue weighted by Crippen LogP contribution is 2.28. The first-order valence-electron chi connectivity index (χ1n) is 8.81. The minimum absolute atomic E-state index is 0.204. The van der Waals surface area contributed by atoms with E-state index in [0.717, 1.165) is 0 Å². The van der Waals surface area contributed by atoms with Crippen molar-refractivity contribution in [3.63, 3.8) is 0 Å². The maximum atomic E-state index is 12.4. The second kappa shape index (κ2) is 9.45. The van der Waals surface area contributed by atoms with Crippen LogP contribution < -0.4 is 15.4 Å². The summed E-state index contributed by atoms with van der Waals surface area (Å²) < 4.78 is 5.60. The first-order chi connectivity index (χ1) is 13.9. The van der Waals surface area contributed by atoms with E-state index >= 15 is 0 Å². The van der Waals surface area contributed by atoms with Gasteiger partial charge < -0.3 is 15.4 Å². The Morgan fingerprint density at radius 2 is 1.48 bits per heavy atom. The van der Waals surface area contributed by atoms with Gasteiger partial charge in [-0.1, -0.05) is 41.4 Å². The summed E-state index contributed by atoms with van der Waals surface area (Å²) in [7, 11) is 0. The monoisotopic (exact) mass is 428 g/mol. The number of anilines is 2. The van der Waals surface area contributed by atoms with E-state index in [1.807, 2.05) is 6.07 Å². The smallest absolute Gasteiger partial charge is 0.265 e. The molecule has 0 radical (unpaired) electrons. The molecular weight excluding hydrogens is 411 g/mol. The Morgan fingerprint density at radius 1 is 0.862 bits per heavy atom. The molecule has 0 saturated heterocycles. The molecule has 3 aromatic rings. The zero-order valence-electron chi connectivity index (χ0n) is 15.5. The lowest BCUT2D eigenvalue weighted by Crippen LogP contribution is -2.30.